The highest BCUT2D eigenvalue weighted by atomic mass is 14.1. The number of rotatable bonds is 1. The van der Waals surface area contributed by atoms with Gasteiger partial charge in [-0.15, -0.1) is 0 Å². The molecule has 0 unspecified atom stereocenters. The van der Waals surface area contributed by atoms with Crippen molar-refractivity contribution in [2.24, 2.45) is 0 Å². The Morgan fingerprint density at radius 3 is 1.94 bits per heavy atom. The van der Waals surface area contributed by atoms with Crippen LogP contribution in [0, 0.1) is 6.92 Å². The molecule has 0 atom stereocenters. The molecule has 0 aliphatic heterocycles. The second-order valence-corrected chi connectivity index (χ2v) is 5.43. The van der Waals surface area contributed by atoms with E-state index in [-0.39, 0.29) is 0 Å². The van der Waals surface area contributed by atoms with Crippen LogP contribution in [0.4, 0.5) is 0 Å². The van der Waals surface area contributed by atoms with Gasteiger partial charge in [-0.25, -0.2) is 0 Å². The van der Waals surface area contributed by atoms with Gasteiger partial charge >= 0.3 is 0 Å². The number of hydrogen-bond acceptors (Lipinski definition) is 0. The number of aryl methyl sites for hydroxylation is 1. The van der Waals surface area contributed by atoms with Gasteiger partial charge < -0.3 is 0 Å². The molecule has 0 radical (unpaired) electrons. The molecule has 0 aromatic heterocycles. The highest BCUT2D eigenvalue weighted by Gasteiger charge is 2.04. The van der Waals surface area contributed by atoms with E-state index in [0.717, 1.165) is 0 Å². The summed E-state index contributed by atoms with van der Waals surface area (Å²) in [7, 11) is 0. The summed E-state index contributed by atoms with van der Waals surface area (Å²) in [6, 6.07) is 18.0. The van der Waals surface area contributed by atoms with Crippen molar-refractivity contribution >= 4 is 21.5 Å². The first-order chi connectivity index (χ1) is 8.65. The molecule has 0 saturated heterocycles. The highest BCUT2D eigenvalue weighted by molar-refractivity contribution is 6.07. The van der Waals surface area contributed by atoms with Gasteiger partial charge in [0.25, 0.3) is 0 Å². The molecule has 0 heterocycles. The quantitative estimate of drug-likeness (QED) is 0.493. The predicted octanol–water partition coefficient (Wildman–Crippen LogP) is 5.42. The van der Waals surface area contributed by atoms with Gasteiger partial charge in [0.1, 0.15) is 0 Å². The Bertz CT molecular complexity index is 721. The lowest BCUT2D eigenvalue weighted by atomic mass is 9.95. The molecule has 0 fully saturated rings. The Balaban J connectivity index is 2.42. The molecule has 18 heavy (non-hydrogen) atoms. The van der Waals surface area contributed by atoms with E-state index in [1.807, 2.05) is 0 Å². The summed E-state index contributed by atoms with van der Waals surface area (Å²) < 4.78 is 0. The maximum absolute atomic E-state index is 2.35. The highest BCUT2D eigenvalue weighted by Crippen LogP contribution is 2.29. The molecule has 90 valence electrons. The molecule has 0 aliphatic rings. The fraction of sp³-hybridized carbons (Fsp3) is 0.222. The van der Waals surface area contributed by atoms with E-state index >= 15 is 0 Å². The van der Waals surface area contributed by atoms with Crippen LogP contribution in [0.2, 0.25) is 0 Å². The summed E-state index contributed by atoms with van der Waals surface area (Å²) in [5.41, 5.74) is 2.74. The van der Waals surface area contributed by atoms with Crippen molar-refractivity contribution in [3.8, 4) is 0 Å². The van der Waals surface area contributed by atoms with E-state index in [9.17, 15) is 0 Å². The summed E-state index contributed by atoms with van der Waals surface area (Å²) in [5, 5.41) is 5.41. The molecule has 0 spiro atoms. The number of hydrogen-bond donors (Lipinski definition) is 0. The van der Waals surface area contributed by atoms with Crippen molar-refractivity contribution in [1.29, 1.82) is 0 Å². The number of benzene rings is 3. The van der Waals surface area contributed by atoms with Crippen molar-refractivity contribution in [3.63, 3.8) is 0 Å². The summed E-state index contributed by atoms with van der Waals surface area (Å²) in [5.74, 6) is 0.578. The van der Waals surface area contributed by atoms with Gasteiger partial charge in [0.2, 0.25) is 0 Å². The smallest absolute Gasteiger partial charge is 0.0102 e. The lowest BCUT2D eigenvalue weighted by Crippen LogP contribution is -1.87. The van der Waals surface area contributed by atoms with Crippen molar-refractivity contribution in [2.75, 3.05) is 0 Å². The SMILES string of the molecule is Cc1ccc2ccc3ccc(C(C)C)cc3c2c1. The van der Waals surface area contributed by atoms with Crippen LogP contribution in [0.1, 0.15) is 30.9 Å². The fourth-order valence-electron chi connectivity index (χ4n) is 2.54. The topological polar surface area (TPSA) is 0 Å². The monoisotopic (exact) mass is 234 g/mol. The van der Waals surface area contributed by atoms with Crippen LogP contribution in [0.25, 0.3) is 21.5 Å². The average Bonchev–Trinajstić information content (AvgIpc) is 2.37. The van der Waals surface area contributed by atoms with E-state index in [4.69, 9.17) is 0 Å². The predicted molar refractivity (Wildman–Crippen MR) is 80.3 cm³/mol. The van der Waals surface area contributed by atoms with Gasteiger partial charge in [0, 0.05) is 0 Å². The second-order valence-electron chi connectivity index (χ2n) is 5.43. The van der Waals surface area contributed by atoms with Gasteiger partial charge in [0.15, 0.2) is 0 Å². The van der Waals surface area contributed by atoms with Crippen molar-refractivity contribution < 1.29 is 0 Å². The van der Waals surface area contributed by atoms with Crippen LogP contribution >= 0.6 is 0 Å². The van der Waals surface area contributed by atoms with Crippen LogP contribution in [0.15, 0.2) is 48.5 Å². The Kier molecular flexibility index (Phi) is 2.59. The standard InChI is InChI=1S/C18H18/c1-12(2)16-9-8-15-7-6-14-5-4-13(3)10-17(14)18(15)11-16/h4-12H,1-3H3. The molecular formula is C18H18. The summed E-state index contributed by atoms with van der Waals surface area (Å²) >= 11 is 0. The lowest BCUT2D eigenvalue weighted by molar-refractivity contribution is 0.869. The molecule has 0 heteroatoms. The Labute approximate surface area is 108 Å². The van der Waals surface area contributed by atoms with E-state index in [2.05, 4.69) is 69.3 Å². The molecule has 0 saturated carbocycles. The van der Waals surface area contributed by atoms with Gasteiger partial charge in [-0.2, -0.15) is 0 Å². The maximum Gasteiger partial charge on any atom is -0.0102 e. The Morgan fingerprint density at radius 1 is 0.722 bits per heavy atom. The summed E-state index contributed by atoms with van der Waals surface area (Å²) in [4.78, 5) is 0. The van der Waals surface area contributed by atoms with Gasteiger partial charge in [-0.3, -0.25) is 0 Å². The summed E-state index contributed by atoms with van der Waals surface area (Å²) in [6.45, 7) is 6.65. The third-order valence-corrected chi connectivity index (χ3v) is 3.69. The largest absolute Gasteiger partial charge is 0.0587 e. The molecule has 0 amide bonds. The van der Waals surface area contributed by atoms with Crippen molar-refractivity contribution in [1.82, 2.24) is 0 Å². The van der Waals surface area contributed by atoms with Gasteiger partial charge in [-0.05, 0) is 39.9 Å². The summed E-state index contributed by atoms with van der Waals surface area (Å²) in [6.07, 6.45) is 0. The Hall–Kier alpha value is -1.82. The van der Waals surface area contributed by atoms with Gasteiger partial charge in [-0.1, -0.05) is 67.9 Å². The minimum Gasteiger partial charge on any atom is -0.0587 e. The first-order valence-electron chi connectivity index (χ1n) is 6.58. The fourth-order valence-corrected chi connectivity index (χ4v) is 2.54. The zero-order chi connectivity index (χ0) is 12.7. The minimum absolute atomic E-state index is 0.578. The van der Waals surface area contributed by atoms with E-state index in [0.29, 0.717) is 5.92 Å². The van der Waals surface area contributed by atoms with Crippen molar-refractivity contribution in [2.45, 2.75) is 26.7 Å². The maximum atomic E-state index is 2.35. The molecule has 3 rings (SSSR count). The van der Waals surface area contributed by atoms with Crippen LogP contribution in [0.5, 0.6) is 0 Å². The molecular weight excluding hydrogens is 216 g/mol. The average molecular weight is 234 g/mol. The molecule has 0 bridgehead atoms. The molecule has 0 N–H and O–H groups in total. The second kappa shape index (κ2) is 4.13. The molecule has 0 nitrogen and oxygen atoms in total. The van der Waals surface area contributed by atoms with Crippen molar-refractivity contribution in [3.05, 3.63) is 59.7 Å². The zero-order valence-corrected chi connectivity index (χ0v) is 11.2. The zero-order valence-electron chi connectivity index (χ0n) is 11.2. The van der Waals surface area contributed by atoms with E-state index in [1.54, 1.807) is 0 Å². The van der Waals surface area contributed by atoms with Crippen LogP contribution in [0.3, 0.4) is 0 Å². The first kappa shape index (κ1) is 11.3. The van der Waals surface area contributed by atoms with Crippen LogP contribution < -0.4 is 0 Å². The third kappa shape index (κ3) is 1.78. The normalized spacial score (nSPS) is 11.6. The van der Waals surface area contributed by atoms with Crippen LogP contribution in [-0.2, 0) is 0 Å². The molecule has 3 aromatic rings. The van der Waals surface area contributed by atoms with E-state index < -0.39 is 0 Å². The van der Waals surface area contributed by atoms with Gasteiger partial charge in [0.05, 0.1) is 0 Å². The van der Waals surface area contributed by atoms with E-state index in [1.165, 1.54) is 32.7 Å². The third-order valence-electron chi connectivity index (χ3n) is 3.69. The Morgan fingerprint density at radius 2 is 1.28 bits per heavy atom. The first-order valence-corrected chi connectivity index (χ1v) is 6.58. The molecule has 3 aromatic carbocycles. The minimum atomic E-state index is 0.578. The molecule has 0 aliphatic carbocycles. The number of fused-ring (bicyclic) bond motifs is 3. The van der Waals surface area contributed by atoms with Crippen LogP contribution in [-0.4, -0.2) is 0 Å². The lowest BCUT2D eigenvalue weighted by Gasteiger charge is -2.09.